The van der Waals surface area contributed by atoms with E-state index in [1.54, 1.807) is 17.9 Å². The Labute approximate surface area is 118 Å². The average Bonchev–Trinajstić information content (AvgIpc) is 2.98. The van der Waals surface area contributed by atoms with Crippen molar-refractivity contribution in [2.75, 3.05) is 11.9 Å². The van der Waals surface area contributed by atoms with E-state index < -0.39 is 0 Å². The number of aromatic nitrogens is 4. The number of nitrogens with one attached hydrogen (secondary N) is 2. The molecule has 20 heavy (non-hydrogen) atoms. The lowest BCUT2D eigenvalue weighted by molar-refractivity contribution is -0.115. The van der Waals surface area contributed by atoms with Crippen LogP contribution in [0.2, 0.25) is 0 Å². The lowest BCUT2D eigenvalue weighted by Crippen LogP contribution is -2.37. The van der Waals surface area contributed by atoms with E-state index in [0.717, 1.165) is 12.2 Å². The fraction of sp³-hybridized carbons (Fsp3) is 0.462. The van der Waals surface area contributed by atoms with Crippen LogP contribution in [0.25, 0.3) is 0 Å². The largest absolute Gasteiger partial charge is 0.310 e. The van der Waals surface area contributed by atoms with Crippen molar-refractivity contribution in [3.05, 3.63) is 30.2 Å². The molecule has 0 radical (unpaired) electrons. The van der Waals surface area contributed by atoms with E-state index in [4.69, 9.17) is 0 Å². The summed E-state index contributed by atoms with van der Waals surface area (Å²) in [5.41, 5.74) is 0.878. The van der Waals surface area contributed by atoms with Gasteiger partial charge in [-0.15, -0.1) is 0 Å². The summed E-state index contributed by atoms with van der Waals surface area (Å²) < 4.78 is 3.49. The van der Waals surface area contributed by atoms with Crippen molar-refractivity contribution in [3.8, 4) is 0 Å². The number of nitrogens with zero attached hydrogens (tertiary/aromatic N) is 4. The molecule has 0 aliphatic carbocycles. The molecule has 2 N–H and O–H groups in total. The number of aryl methyl sites for hydroxylation is 2. The molecule has 108 valence electrons. The van der Waals surface area contributed by atoms with Crippen LogP contribution in [0, 0.1) is 6.92 Å². The van der Waals surface area contributed by atoms with Crippen LogP contribution in [0.5, 0.6) is 0 Å². The van der Waals surface area contributed by atoms with Crippen LogP contribution in [-0.2, 0) is 18.4 Å². The van der Waals surface area contributed by atoms with E-state index in [1.807, 2.05) is 36.9 Å². The predicted octanol–water partition coefficient (Wildman–Crippen LogP) is 0.542. The zero-order valence-electron chi connectivity index (χ0n) is 12.0. The molecule has 2 rings (SSSR count). The van der Waals surface area contributed by atoms with Crippen LogP contribution < -0.4 is 10.6 Å². The molecule has 0 saturated heterocycles. The van der Waals surface area contributed by atoms with Gasteiger partial charge in [-0.25, -0.2) is 0 Å². The lowest BCUT2D eigenvalue weighted by Gasteiger charge is -2.13. The first-order valence-electron chi connectivity index (χ1n) is 6.56. The van der Waals surface area contributed by atoms with Gasteiger partial charge in [0.1, 0.15) is 5.82 Å². The number of carbonyl (C=O) groups is 1. The third kappa shape index (κ3) is 3.92. The lowest BCUT2D eigenvalue weighted by atomic mass is 10.3. The molecule has 2 aromatic rings. The Kier molecular flexibility index (Phi) is 4.52. The molecular formula is C13H20N6O. The van der Waals surface area contributed by atoms with E-state index in [2.05, 4.69) is 20.8 Å². The first kappa shape index (κ1) is 14.3. The van der Waals surface area contributed by atoms with Gasteiger partial charge >= 0.3 is 0 Å². The topological polar surface area (TPSA) is 76.8 Å². The number of carbonyl (C=O) groups excluding carboxylic acids is 1. The molecule has 2 aromatic heterocycles. The van der Waals surface area contributed by atoms with Gasteiger partial charge < -0.3 is 10.6 Å². The van der Waals surface area contributed by atoms with Gasteiger partial charge in [0.15, 0.2) is 0 Å². The van der Waals surface area contributed by atoms with E-state index in [-0.39, 0.29) is 18.5 Å². The van der Waals surface area contributed by atoms with Crippen LogP contribution in [0.1, 0.15) is 12.6 Å². The minimum absolute atomic E-state index is 0.0830. The van der Waals surface area contributed by atoms with Crippen molar-refractivity contribution in [2.24, 2.45) is 7.05 Å². The second-order valence-corrected chi connectivity index (χ2v) is 4.85. The third-order valence-corrected chi connectivity index (χ3v) is 2.90. The number of rotatable bonds is 6. The summed E-state index contributed by atoms with van der Waals surface area (Å²) in [5.74, 6) is 0.620. The van der Waals surface area contributed by atoms with Gasteiger partial charge in [0.25, 0.3) is 0 Å². The van der Waals surface area contributed by atoms with Crippen molar-refractivity contribution in [2.45, 2.75) is 26.4 Å². The van der Waals surface area contributed by atoms with Crippen LogP contribution in [0.4, 0.5) is 5.82 Å². The summed E-state index contributed by atoms with van der Waals surface area (Å²) in [6.45, 7) is 4.89. The van der Waals surface area contributed by atoms with E-state index in [9.17, 15) is 4.79 Å². The van der Waals surface area contributed by atoms with Gasteiger partial charge in [0.05, 0.1) is 18.8 Å². The van der Waals surface area contributed by atoms with Gasteiger partial charge in [-0.3, -0.25) is 14.2 Å². The molecule has 1 unspecified atom stereocenters. The minimum atomic E-state index is -0.0830. The van der Waals surface area contributed by atoms with Gasteiger partial charge in [-0.05, 0) is 19.9 Å². The van der Waals surface area contributed by atoms with Gasteiger partial charge in [0.2, 0.25) is 5.91 Å². The standard InChI is InChI=1S/C13H20N6O/c1-10-7-12(18(3)17-10)16-13(20)8-14-11(2)9-19-6-4-5-15-19/h4-7,11,14H,8-9H2,1-3H3,(H,16,20). The number of hydrogen-bond acceptors (Lipinski definition) is 4. The predicted molar refractivity (Wildman–Crippen MR) is 76.3 cm³/mol. The Balaban J connectivity index is 1.76. The Morgan fingerprint density at radius 1 is 1.50 bits per heavy atom. The maximum absolute atomic E-state index is 11.8. The first-order chi connectivity index (χ1) is 9.54. The van der Waals surface area contributed by atoms with Gasteiger partial charge in [0, 0.05) is 31.5 Å². The molecule has 1 atom stereocenters. The van der Waals surface area contributed by atoms with Crippen molar-refractivity contribution >= 4 is 11.7 Å². The minimum Gasteiger partial charge on any atom is -0.310 e. The van der Waals surface area contributed by atoms with Crippen LogP contribution >= 0.6 is 0 Å². The highest BCUT2D eigenvalue weighted by atomic mass is 16.2. The molecule has 0 aliphatic rings. The van der Waals surface area contributed by atoms with Gasteiger partial charge in [-0.1, -0.05) is 0 Å². The normalized spacial score (nSPS) is 12.3. The monoisotopic (exact) mass is 276 g/mol. The van der Waals surface area contributed by atoms with E-state index >= 15 is 0 Å². The Morgan fingerprint density at radius 2 is 2.30 bits per heavy atom. The van der Waals surface area contributed by atoms with E-state index in [1.165, 1.54) is 0 Å². The molecule has 2 heterocycles. The summed E-state index contributed by atoms with van der Waals surface area (Å²) in [6.07, 6.45) is 3.64. The second kappa shape index (κ2) is 6.33. The highest BCUT2D eigenvalue weighted by Crippen LogP contribution is 2.07. The van der Waals surface area contributed by atoms with Crippen LogP contribution in [0.15, 0.2) is 24.5 Å². The van der Waals surface area contributed by atoms with E-state index in [0.29, 0.717) is 5.82 Å². The van der Waals surface area contributed by atoms with Crippen LogP contribution in [0.3, 0.4) is 0 Å². The average molecular weight is 276 g/mol. The second-order valence-electron chi connectivity index (χ2n) is 4.85. The Hall–Kier alpha value is -2.15. The molecule has 1 amide bonds. The number of anilines is 1. The van der Waals surface area contributed by atoms with Crippen molar-refractivity contribution in [1.29, 1.82) is 0 Å². The number of amides is 1. The quantitative estimate of drug-likeness (QED) is 0.807. The summed E-state index contributed by atoms with van der Waals surface area (Å²) in [7, 11) is 1.80. The molecule has 0 saturated carbocycles. The number of hydrogen-bond donors (Lipinski definition) is 2. The van der Waals surface area contributed by atoms with Crippen LogP contribution in [-0.4, -0.2) is 38.1 Å². The first-order valence-corrected chi connectivity index (χ1v) is 6.56. The molecule has 7 nitrogen and oxygen atoms in total. The third-order valence-electron chi connectivity index (χ3n) is 2.90. The fourth-order valence-electron chi connectivity index (χ4n) is 1.94. The molecular weight excluding hydrogens is 256 g/mol. The SMILES string of the molecule is Cc1cc(NC(=O)CNC(C)Cn2cccn2)n(C)n1. The van der Waals surface area contributed by atoms with Crippen molar-refractivity contribution in [3.63, 3.8) is 0 Å². The summed E-state index contributed by atoms with van der Waals surface area (Å²) in [6, 6.07) is 3.88. The molecule has 0 spiro atoms. The Morgan fingerprint density at radius 3 is 2.90 bits per heavy atom. The maximum atomic E-state index is 11.8. The van der Waals surface area contributed by atoms with Gasteiger partial charge in [-0.2, -0.15) is 10.2 Å². The highest BCUT2D eigenvalue weighted by molar-refractivity contribution is 5.91. The van der Waals surface area contributed by atoms with Crippen molar-refractivity contribution < 1.29 is 4.79 Å². The maximum Gasteiger partial charge on any atom is 0.239 e. The Bertz CT molecular complexity index is 559. The molecule has 0 bridgehead atoms. The summed E-state index contributed by atoms with van der Waals surface area (Å²) in [4.78, 5) is 11.8. The van der Waals surface area contributed by atoms with Crippen molar-refractivity contribution in [1.82, 2.24) is 24.9 Å². The molecule has 0 aliphatic heterocycles. The fourth-order valence-corrected chi connectivity index (χ4v) is 1.94. The smallest absolute Gasteiger partial charge is 0.239 e. The molecule has 0 aromatic carbocycles. The zero-order chi connectivity index (χ0) is 14.5. The molecule has 7 heteroatoms. The molecule has 0 fully saturated rings. The summed E-state index contributed by atoms with van der Waals surface area (Å²) in [5, 5.41) is 14.3. The summed E-state index contributed by atoms with van der Waals surface area (Å²) >= 11 is 0. The highest BCUT2D eigenvalue weighted by Gasteiger charge is 2.09. The zero-order valence-corrected chi connectivity index (χ0v) is 12.0.